The van der Waals surface area contributed by atoms with Crippen LogP contribution in [0.15, 0.2) is 0 Å². The number of amides is 1. The lowest BCUT2D eigenvalue weighted by Crippen LogP contribution is -2.51. The second kappa shape index (κ2) is 7.13. The number of carbonyl (C=O) groups excluding carboxylic acids is 1. The summed E-state index contributed by atoms with van der Waals surface area (Å²) in [5, 5.41) is 0. The summed E-state index contributed by atoms with van der Waals surface area (Å²) in [6, 6.07) is 0.115. The summed E-state index contributed by atoms with van der Waals surface area (Å²) in [6.07, 6.45) is 5.79. The van der Waals surface area contributed by atoms with Crippen molar-refractivity contribution in [2.24, 2.45) is 17.6 Å². The quantitative estimate of drug-likeness (QED) is 0.792. The molecule has 2 N–H and O–H groups in total. The van der Waals surface area contributed by atoms with Crippen LogP contribution in [0.1, 0.15) is 59.8 Å². The third-order valence-corrected chi connectivity index (χ3v) is 4.15. The van der Waals surface area contributed by atoms with E-state index in [1.54, 1.807) is 0 Å². The van der Waals surface area contributed by atoms with E-state index in [-0.39, 0.29) is 17.9 Å². The third kappa shape index (κ3) is 3.98. The van der Waals surface area contributed by atoms with Crippen molar-refractivity contribution in [3.05, 3.63) is 0 Å². The fraction of sp³-hybridized carbons (Fsp3) is 0.933. The minimum atomic E-state index is -0.325. The van der Waals surface area contributed by atoms with Gasteiger partial charge in [0.2, 0.25) is 5.91 Å². The van der Waals surface area contributed by atoms with Gasteiger partial charge in [-0.1, -0.05) is 47.0 Å². The monoisotopic (exact) mass is 254 g/mol. The van der Waals surface area contributed by atoms with E-state index >= 15 is 0 Å². The zero-order valence-electron chi connectivity index (χ0n) is 12.5. The summed E-state index contributed by atoms with van der Waals surface area (Å²) in [4.78, 5) is 14.6. The predicted molar refractivity (Wildman–Crippen MR) is 76.2 cm³/mol. The molecule has 1 amide bonds. The molecule has 3 nitrogen and oxygen atoms in total. The highest BCUT2D eigenvalue weighted by atomic mass is 16.2. The first-order valence-corrected chi connectivity index (χ1v) is 7.53. The minimum Gasteiger partial charge on any atom is -0.338 e. The highest BCUT2D eigenvalue weighted by Gasteiger charge is 2.31. The first-order valence-electron chi connectivity index (χ1n) is 7.53. The molecule has 0 bridgehead atoms. The molecule has 0 aromatic rings. The number of nitrogens with zero attached hydrogens (tertiary/aromatic N) is 1. The number of nitrogens with two attached hydrogens (primary N) is 1. The van der Waals surface area contributed by atoms with Crippen LogP contribution < -0.4 is 5.73 Å². The van der Waals surface area contributed by atoms with Gasteiger partial charge in [0.15, 0.2) is 0 Å². The van der Waals surface area contributed by atoms with Crippen molar-refractivity contribution in [2.45, 2.75) is 71.9 Å². The molecule has 0 saturated heterocycles. The number of hydrogen-bond acceptors (Lipinski definition) is 2. The Bertz CT molecular complexity index is 259. The van der Waals surface area contributed by atoms with E-state index in [4.69, 9.17) is 5.73 Å². The van der Waals surface area contributed by atoms with Crippen LogP contribution in [0.2, 0.25) is 0 Å². The smallest absolute Gasteiger partial charge is 0.240 e. The molecule has 2 atom stereocenters. The molecule has 18 heavy (non-hydrogen) atoms. The zero-order chi connectivity index (χ0) is 13.7. The van der Waals surface area contributed by atoms with Crippen LogP contribution in [0.3, 0.4) is 0 Å². The SMILES string of the molecule is CCC(C)C(N)C(=O)N(CC(C)C)C1CCCC1. The summed E-state index contributed by atoms with van der Waals surface area (Å²) < 4.78 is 0. The van der Waals surface area contributed by atoms with Gasteiger partial charge in [-0.05, 0) is 24.7 Å². The van der Waals surface area contributed by atoms with Gasteiger partial charge in [-0.2, -0.15) is 0 Å². The van der Waals surface area contributed by atoms with Gasteiger partial charge < -0.3 is 10.6 Å². The fourth-order valence-electron chi connectivity index (χ4n) is 2.72. The summed E-state index contributed by atoms with van der Waals surface area (Å²) in [6.45, 7) is 9.37. The van der Waals surface area contributed by atoms with Crippen LogP contribution in [0.4, 0.5) is 0 Å². The van der Waals surface area contributed by atoms with E-state index in [1.807, 2.05) is 0 Å². The molecule has 0 heterocycles. The summed E-state index contributed by atoms with van der Waals surface area (Å²) in [7, 11) is 0. The van der Waals surface area contributed by atoms with E-state index < -0.39 is 0 Å². The van der Waals surface area contributed by atoms with Crippen molar-refractivity contribution in [3.8, 4) is 0 Å². The van der Waals surface area contributed by atoms with Crippen LogP contribution in [-0.2, 0) is 4.79 Å². The summed E-state index contributed by atoms with van der Waals surface area (Å²) in [5.41, 5.74) is 6.12. The fourth-order valence-corrected chi connectivity index (χ4v) is 2.72. The molecule has 0 spiro atoms. The average molecular weight is 254 g/mol. The van der Waals surface area contributed by atoms with Gasteiger partial charge >= 0.3 is 0 Å². The molecule has 0 aliphatic heterocycles. The van der Waals surface area contributed by atoms with Crippen molar-refractivity contribution < 1.29 is 4.79 Å². The highest BCUT2D eigenvalue weighted by molar-refractivity contribution is 5.82. The molecule has 0 aromatic heterocycles. The molecular formula is C15H30N2O. The highest BCUT2D eigenvalue weighted by Crippen LogP contribution is 2.25. The normalized spacial score (nSPS) is 20.1. The molecule has 2 unspecified atom stereocenters. The molecule has 0 aromatic carbocycles. The van der Waals surface area contributed by atoms with E-state index in [1.165, 1.54) is 12.8 Å². The van der Waals surface area contributed by atoms with Crippen LogP contribution in [0.25, 0.3) is 0 Å². The van der Waals surface area contributed by atoms with Crippen molar-refractivity contribution in [3.63, 3.8) is 0 Å². The first-order chi connectivity index (χ1) is 8.47. The van der Waals surface area contributed by atoms with E-state index in [2.05, 4.69) is 32.6 Å². The molecule has 1 rings (SSSR count). The Balaban J connectivity index is 2.71. The predicted octanol–water partition coefficient (Wildman–Crippen LogP) is 2.79. The third-order valence-electron chi connectivity index (χ3n) is 4.15. The molecule has 1 aliphatic rings. The van der Waals surface area contributed by atoms with E-state index in [9.17, 15) is 4.79 Å². The van der Waals surface area contributed by atoms with Crippen LogP contribution in [0.5, 0.6) is 0 Å². The Kier molecular flexibility index (Phi) is 6.13. The largest absolute Gasteiger partial charge is 0.338 e. The maximum Gasteiger partial charge on any atom is 0.240 e. The van der Waals surface area contributed by atoms with Gasteiger partial charge in [0.1, 0.15) is 0 Å². The van der Waals surface area contributed by atoms with Crippen molar-refractivity contribution in [1.82, 2.24) is 4.90 Å². The summed E-state index contributed by atoms with van der Waals surface area (Å²) in [5.74, 6) is 0.956. The Morgan fingerprint density at radius 3 is 2.28 bits per heavy atom. The molecule has 1 aliphatic carbocycles. The average Bonchev–Trinajstić information content (AvgIpc) is 2.86. The first kappa shape index (κ1) is 15.5. The number of rotatable bonds is 6. The van der Waals surface area contributed by atoms with Gasteiger partial charge in [0.05, 0.1) is 6.04 Å². The van der Waals surface area contributed by atoms with Gasteiger partial charge in [-0.25, -0.2) is 0 Å². The summed E-state index contributed by atoms with van der Waals surface area (Å²) >= 11 is 0. The van der Waals surface area contributed by atoms with E-state index in [0.717, 1.165) is 25.8 Å². The Morgan fingerprint density at radius 2 is 1.83 bits per heavy atom. The van der Waals surface area contributed by atoms with Crippen LogP contribution >= 0.6 is 0 Å². The second-order valence-electron chi connectivity index (χ2n) is 6.23. The van der Waals surface area contributed by atoms with Crippen molar-refractivity contribution in [1.29, 1.82) is 0 Å². The standard InChI is InChI=1S/C15H30N2O/c1-5-12(4)14(16)15(18)17(10-11(2)3)13-8-6-7-9-13/h11-14H,5-10,16H2,1-4H3. The lowest BCUT2D eigenvalue weighted by Gasteiger charge is -2.34. The van der Waals surface area contributed by atoms with Crippen molar-refractivity contribution >= 4 is 5.91 Å². The molecule has 1 fully saturated rings. The molecule has 1 saturated carbocycles. The molecule has 3 heteroatoms. The second-order valence-corrected chi connectivity index (χ2v) is 6.23. The lowest BCUT2D eigenvalue weighted by molar-refractivity contribution is -0.136. The maximum absolute atomic E-state index is 12.6. The molecule has 106 valence electrons. The maximum atomic E-state index is 12.6. The Morgan fingerprint density at radius 1 is 1.28 bits per heavy atom. The molecule has 0 radical (unpaired) electrons. The lowest BCUT2D eigenvalue weighted by atomic mass is 9.97. The zero-order valence-corrected chi connectivity index (χ0v) is 12.5. The van der Waals surface area contributed by atoms with Gasteiger partial charge in [-0.3, -0.25) is 4.79 Å². The van der Waals surface area contributed by atoms with Crippen LogP contribution in [-0.4, -0.2) is 29.4 Å². The van der Waals surface area contributed by atoms with E-state index in [0.29, 0.717) is 12.0 Å². The van der Waals surface area contributed by atoms with Gasteiger partial charge in [0.25, 0.3) is 0 Å². The van der Waals surface area contributed by atoms with Crippen molar-refractivity contribution in [2.75, 3.05) is 6.54 Å². The topological polar surface area (TPSA) is 46.3 Å². The molecular weight excluding hydrogens is 224 g/mol. The van der Waals surface area contributed by atoms with Gasteiger partial charge in [-0.15, -0.1) is 0 Å². The Labute approximate surface area is 112 Å². The number of carbonyl (C=O) groups is 1. The van der Waals surface area contributed by atoms with Crippen LogP contribution in [0, 0.1) is 11.8 Å². The minimum absolute atomic E-state index is 0.171. The number of hydrogen-bond donors (Lipinski definition) is 1. The van der Waals surface area contributed by atoms with Gasteiger partial charge in [0, 0.05) is 12.6 Å². The Hall–Kier alpha value is -0.570.